The zero-order valence-electron chi connectivity index (χ0n) is 17.1. The van der Waals surface area contributed by atoms with Gasteiger partial charge >= 0.3 is 0 Å². The van der Waals surface area contributed by atoms with Crippen LogP contribution in [0.15, 0.2) is 58.7 Å². The molecule has 0 spiro atoms. The zero-order chi connectivity index (χ0) is 21.8. The number of nitrogens with one attached hydrogen (secondary N) is 1. The van der Waals surface area contributed by atoms with Gasteiger partial charge in [0.1, 0.15) is 0 Å². The summed E-state index contributed by atoms with van der Waals surface area (Å²) in [7, 11) is -3.57. The molecule has 3 heterocycles. The Morgan fingerprint density at radius 1 is 1.03 bits per heavy atom. The third-order valence-electron chi connectivity index (χ3n) is 5.48. The van der Waals surface area contributed by atoms with Gasteiger partial charge in [0.25, 0.3) is 15.9 Å². The number of nitrogens with zero attached hydrogens (tertiary/aromatic N) is 4. The molecule has 4 rings (SSSR count). The molecule has 0 unspecified atom stereocenters. The molecule has 0 aliphatic carbocycles. The number of rotatable bonds is 5. The van der Waals surface area contributed by atoms with Crippen molar-refractivity contribution >= 4 is 33.4 Å². The van der Waals surface area contributed by atoms with Gasteiger partial charge in [0.2, 0.25) is 5.91 Å². The predicted octanol–water partition coefficient (Wildman–Crippen LogP) is 0.339. The minimum atomic E-state index is -3.57. The molecular weight excluding hydrogens is 418 g/mol. The maximum Gasteiger partial charge on any atom is 0.256 e. The van der Waals surface area contributed by atoms with Crippen molar-refractivity contribution in [2.75, 3.05) is 49.9 Å². The second-order valence-electron chi connectivity index (χ2n) is 7.53. The monoisotopic (exact) mass is 443 g/mol. The van der Waals surface area contributed by atoms with Crippen LogP contribution in [0.2, 0.25) is 0 Å². The molecule has 2 amide bonds. The normalized spacial score (nSPS) is 19.9. The highest BCUT2D eigenvalue weighted by molar-refractivity contribution is 7.90. The predicted molar refractivity (Wildman–Crippen MR) is 118 cm³/mol. The van der Waals surface area contributed by atoms with E-state index in [0.29, 0.717) is 13.1 Å². The lowest BCUT2D eigenvalue weighted by Gasteiger charge is -2.36. The van der Waals surface area contributed by atoms with Gasteiger partial charge < -0.3 is 20.0 Å². The van der Waals surface area contributed by atoms with Gasteiger partial charge in [-0.1, -0.05) is 18.2 Å². The Labute approximate surface area is 181 Å². The van der Waals surface area contributed by atoms with Gasteiger partial charge in [-0.05, 0) is 24.3 Å². The first-order chi connectivity index (χ1) is 14.9. The minimum absolute atomic E-state index is 0.00950. The summed E-state index contributed by atoms with van der Waals surface area (Å²) in [6, 6.07) is 10.1. The fourth-order valence-electron chi connectivity index (χ4n) is 3.78. The second-order valence-corrected chi connectivity index (χ2v) is 9.28. The molecule has 0 atom stereocenters. The van der Waals surface area contributed by atoms with Gasteiger partial charge in [-0.2, -0.15) is 0 Å². The number of piperazine rings is 1. The third kappa shape index (κ3) is 4.96. The number of amides is 2. The molecule has 1 saturated heterocycles. The first-order valence-electron chi connectivity index (χ1n) is 10.3. The number of fused-ring (bicyclic) bond motifs is 1. The lowest BCUT2D eigenvalue weighted by Crippen LogP contribution is -2.49. The maximum absolute atomic E-state index is 12.6. The molecule has 1 aromatic rings. The molecule has 31 heavy (non-hydrogen) atoms. The molecule has 164 valence electrons. The summed E-state index contributed by atoms with van der Waals surface area (Å²) in [5, 5.41) is 2.72. The van der Waals surface area contributed by atoms with Crippen LogP contribution >= 0.6 is 0 Å². The fraction of sp³-hybridized carbons (Fsp3) is 0.381. The summed E-state index contributed by atoms with van der Waals surface area (Å²) in [5.74, 6) is -0.395. The standard InChI is InChI=1S/C21H25N5O4S/c27-19(25-13-11-24(12-14-25)17-5-2-1-3-6-17)8-9-22-21(28)18-7-4-10-26-15-16-31(29,30)23-20(18)26/h1-7,10H,8-9,11-16H2,(H,22,28). The summed E-state index contributed by atoms with van der Waals surface area (Å²) >= 11 is 0. The van der Waals surface area contributed by atoms with Crippen LogP contribution in [0.25, 0.3) is 0 Å². The quantitative estimate of drug-likeness (QED) is 0.704. The van der Waals surface area contributed by atoms with Crippen LogP contribution in [0.1, 0.15) is 6.42 Å². The number of hydrogen-bond acceptors (Lipinski definition) is 6. The third-order valence-corrected chi connectivity index (χ3v) is 6.63. The molecule has 9 nitrogen and oxygen atoms in total. The van der Waals surface area contributed by atoms with Gasteiger partial charge in [-0.25, -0.2) is 8.42 Å². The van der Waals surface area contributed by atoms with Crippen molar-refractivity contribution in [2.45, 2.75) is 6.42 Å². The van der Waals surface area contributed by atoms with E-state index in [1.807, 2.05) is 23.1 Å². The summed E-state index contributed by atoms with van der Waals surface area (Å²) in [6.45, 7) is 3.26. The number of carbonyl (C=O) groups is 2. The van der Waals surface area contributed by atoms with Crippen LogP contribution < -0.4 is 10.2 Å². The summed E-state index contributed by atoms with van der Waals surface area (Å²) in [6.07, 6.45) is 5.11. The highest BCUT2D eigenvalue weighted by Gasteiger charge is 2.30. The van der Waals surface area contributed by atoms with Crippen molar-refractivity contribution in [1.29, 1.82) is 0 Å². The SMILES string of the molecule is O=C(NCCC(=O)N1CCN(c2ccccc2)CC1)C1=CC=CN2CCS(=O)(=O)N=C12. The smallest absolute Gasteiger partial charge is 0.256 e. The van der Waals surface area contributed by atoms with Crippen molar-refractivity contribution in [3.63, 3.8) is 0 Å². The van der Waals surface area contributed by atoms with Crippen LogP contribution in [0.5, 0.6) is 0 Å². The summed E-state index contributed by atoms with van der Waals surface area (Å²) < 4.78 is 27.4. The number of benzene rings is 1. The highest BCUT2D eigenvalue weighted by atomic mass is 32.2. The first kappa shape index (κ1) is 21.1. The molecule has 3 aliphatic rings. The van der Waals surface area contributed by atoms with Crippen molar-refractivity contribution in [2.24, 2.45) is 4.40 Å². The molecule has 1 N–H and O–H groups in total. The summed E-state index contributed by atoms with van der Waals surface area (Å²) in [5.41, 5.74) is 1.34. The van der Waals surface area contributed by atoms with E-state index in [9.17, 15) is 18.0 Å². The van der Waals surface area contributed by atoms with Crippen molar-refractivity contribution in [3.05, 3.63) is 54.3 Å². The van der Waals surface area contributed by atoms with E-state index in [1.165, 1.54) is 6.08 Å². The van der Waals surface area contributed by atoms with Gasteiger partial charge in [-0.3, -0.25) is 9.59 Å². The molecule has 1 fully saturated rings. The van der Waals surface area contributed by atoms with Crippen molar-refractivity contribution < 1.29 is 18.0 Å². The Hall–Kier alpha value is -3.14. The molecule has 1 aromatic carbocycles. The van der Waals surface area contributed by atoms with Gasteiger partial charge in [0, 0.05) is 57.6 Å². The number of allylic oxidation sites excluding steroid dienone is 2. The molecule has 0 saturated carbocycles. The van der Waals surface area contributed by atoms with E-state index in [4.69, 9.17) is 0 Å². The van der Waals surface area contributed by atoms with Crippen LogP contribution in [0.3, 0.4) is 0 Å². The Morgan fingerprint density at radius 2 is 1.77 bits per heavy atom. The Kier molecular flexibility index (Phi) is 6.08. The molecule has 0 aromatic heterocycles. The van der Waals surface area contributed by atoms with E-state index >= 15 is 0 Å². The molecular formula is C21H25N5O4S. The number of anilines is 1. The average Bonchev–Trinajstić information content (AvgIpc) is 2.78. The molecule has 0 radical (unpaired) electrons. The number of sulfonamides is 1. The van der Waals surface area contributed by atoms with E-state index in [-0.39, 0.29) is 42.6 Å². The number of para-hydroxylation sites is 1. The number of carbonyl (C=O) groups excluding carboxylic acids is 2. The molecule has 3 aliphatic heterocycles. The lowest BCUT2D eigenvalue weighted by molar-refractivity contribution is -0.131. The minimum Gasteiger partial charge on any atom is -0.368 e. The van der Waals surface area contributed by atoms with Crippen LogP contribution in [0, 0.1) is 0 Å². The van der Waals surface area contributed by atoms with Gasteiger partial charge in [0.15, 0.2) is 5.84 Å². The van der Waals surface area contributed by atoms with Crippen LogP contribution in [-0.4, -0.2) is 80.9 Å². The molecule has 0 bridgehead atoms. The lowest BCUT2D eigenvalue weighted by atomic mass is 10.1. The number of amidine groups is 1. The Balaban J connectivity index is 1.26. The fourth-order valence-corrected chi connectivity index (χ4v) is 4.77. The van der Waals surface area contributed by atoms with E-state index in [0.717, 1.165) is 18.8 Å². The maximum atomic E-state index is 12.6. The molecule has 10 heteroatoms. The summed E-state index contributed by atoms with van der Waals surface area (Å²) in [4.78, 5) is 30.8. The first-order valence-corrected chi connectivity index (χ1v) is 11.9. The van der Waals surface area contributed by atoms with E-state index in [2.05, 4.69) is 26.7 Å². The second kappa shape index (κ2) is 8.93. The van der Waals surface area contributed by atoms with Gasteiger partial charge in [0.05, 0.1) is 11.3 Å². The van der Waals surface area contributed by atoms with Gasteiger partial charge in [-0.15, -0.1) is 4.40 Å². The van der Waals surface area contributed by atoms with Crippen LogP contribution in [0.4, 0.5) is 5.69 Å². The van der Waals surface area contributed by atoms with E-state index < -0.39 is 15.9 Å². The van der Waals surface area contributed by atoms with Crippen molar-refractivity contribution in [3.8, 4) is 0 Å². The Bertz CT molecular complexity index is 1040. The largest absolute Gasteiger partial charge is 0.368 e. The number of hydrogen-bond donors (Lipinski definition) is 1. The topological polar surface area (TPSA) is 102 Å². The van der Waals surface area contributed by atoms with Crippen molar-refractivity contribution in [1.82, 2.24) is 15.1 Å². The van der Waals surface area contributed by atoms with Crippen LogP contribution in [-0.2, 0) is 19.6 Å². The average molecular weight is 444 g/mol. The highest BCUT2D eigenvalue weighted by Crippen LogP contribution is 2.18. The zero-order valence-corrected chi connectivity index (χ0v) is 17.9. The Morgan fingerprint density at radius 3 is 2.52 bits per heavy atom. The van der Waals surface area contributed by atoms with E-state index in [1.54, 1.807) is 17.2 Å².